The van der Waals surface area contributed by atoms with Gasteiger partial charge in [0.15, 0.2) is 0 Å². The van der Waals surface area contributed by atoms with Crippen molar-refractivity contribution in [1.82, 2.24) is 9.21 Å². The van der Waals surface area contributed by atoms with Crippen molar-refractivity contribution in [3.8, 4) is 0 Å². The van der Waals surface area contributed by atoms with Crippen molar-refractivity contribution >= 4 is 21.9 Å². The minimum atomic E-state index is -3.26. The second-order valence-electron chi connectivity index (χ2n) is 7.05. The number of hydrogen-bond acceptors (Lipinski definition) is 4. The molecule has 0 aliphatic carbocycles. The van der Waals surface area contributed by atoms with Crippen LogP contribution in [0.15, 0.2) is 18.2 Å². The van der Waals surface area contributed by atoms with Crippen molar-refractivity contribution in [3.63, 3.8) is 0 Å². The first-order valence-corrected chi connectivity index (χ1v) is 10.8. The zero-order valence-corrected chi connectivity index (χ0v) is 17.0. The molecule has 8 heteroatoms. The molecule has 0 spiro atoms. The fourth-order valence-corrected chi connectivity index (χ4v) is 4.57. The molecule has 0 aromatic heterocycles. The smallest absolute Gasteiger partial charge is 0.323 e. The first kappa shape index (κ1) is 21.4. The summed E-state index contributed by atoms with van der Waals surface area (Å²) in [5.74, 6) is -1.25. The van der Waals surface area contributed by atoms with Crippen LogP contribution in [0.4, 0.5) is 0 Å². The van der Waals surface area contributed by atoms with E-state index >= 15 is 0 Å². The van der Waals surface area contributed by atoms with E-state index in [0.717, 1.165) is 16.7 Å². The number of amides is 1. The summed E-state index contributed by atoms with van der Waals surface area (Å²) in [5.41, 5.74) is 2.93. The lowest BCUT2D eigenvalue weighted by atomic mass is 10.00. The average Bonchev–Trinajstić information content (AvgIpc) is 2.62. The first-order valence-electron chi connectivity index (χ1n) is 9.19. The second kappa shape index (κ2) is 8.84. The second-order valence-corrected chi connectivity index (χ2v) is 9.31. The van der Waals surface area contributed by atoms with E-state index in [4.69, 9.17) is 0 Å². The average molecular weight is 397 g/mol. The highest BCUT2D eigenvalue weighted by atomic mass is 32.2. The van der Waals surface area contributed by atoms with Crippen LogP contribution >= 0.6 is 0 Å². The standard InChI is InChI=1S/C19H28N2O5S/c1-4-27(25,26)20-9-7-17(8-10-20)21(13-19(23)24)18(22)12-16-11-14(2)5-6-15(16)3/h5-6,11,17H,4,7-10,12-13H2,1-3H3,(H,23,24). The Balaban J connectivity index is 2.12. The Kier molecular flexibility index (Phi) is 7.00. The van der Waals surface area contributed by atoms with Gasteiger partial charge in [-0.15, -0.1) is 0 Å². The topological polar surface area (TPSA) is 95.0 Å². The quantitative estimate of drug-likeness (QED) is 0.755. The number of carboxylic acid groups (broad SMARTS) is 1. The zero-order valence-electron chi connectivity index (χ0n) is 16.1. The number of nitrogens with zero attached hydrogens (tertiary/aromatic N) is 2. The van der Waals surface area contributed by atoms with E-state index in [0.29, 0.717) is 25.9 Å². The molecule has 1 saturated heterocycles. The highest BCUT2D eigenvalue weighted by Crippen LogP contribution is 2.21. The first-order chi connectivity index (χ1) is 12.6. The van der Waals surface area contributed by atoms with Crippen LogP contribution in [0.1, 0.15) is 36.5 Å². The molecule has 27 heavy (non-hydrogen) atoms. The molecule has 0 saturated carbocycles. The van der Waals surface area contributed by atoms with E-state index in [-0.39, 0.29) is 30.7 Å². The molecule has 1 aromatic rings. The van der Waals surface area contributed by atoms with E-state index in [9.17, 15) is 23.1 Å². The Bertz CT molecular complexity index is 798. The van der Waals surface area contributed by atoms with E-state index in [1.54, 1.807) is 6.92 Å². The van der Waals surface area contributed by atoms with Gasteiger partial charge in [-0.1, -0.05) is 23.8 Å². The van der Waals surface area contributed by atoms with Crippen molar-refractivity contribution in [2.24, 2.45) is 0 Å². The van der Waals surface area contributed by atoms with Gasteiger partial charge in [-0.05, 0) is 44.7 Å². The number of aryl methyl sites for hydroxylation is 2. The Morgan fingerprint density at radius 3 is 2.41 bits per heavy atom. The van der Waals surface area contributed by atoms with Crippen LogP contribution in [0.25, 0.3) is 0 Å². The third-order valence-electron chi connectivity index (χ3n) is 5.09. The number of piperidine rings is 1. The predicted octanol–water partition coefficient (Wildman–Crippen LogP) is 1.57. The fourth-order valence-electron chi connectivity index (χ4n) is 3.44. The molecule has 1 aromatic carbocycles. The van der Waals surface area contributed by atoms with Gasteiger partial charge >= 0.3 is 5.97 Å². The van der Waals surface area contributed by atoms with E-state index in [2.05, 4.69) is 0 Å². The SMILES string of the molecule is CCS(=O)(=O)N1CCC(N(CC(=O)O)C(=O)Cc2cc(C)ccc2C)CC1. The van der Waals surface area contributed by atoms with Gasteiger partial charge in [-0.25, -0.2) is 12.7 Å². The minimum absolute atomic E-state index is 0.0437. The van der Waals surface area contributed by atoms with Crippen molar-refractivity contribution < 1.29 is 23.1 Å². The largest absolute Gasteiger partial charge is 0.480 e. The van der Waals surface area contributed by atoms with Crippen LogP contribution in [0, 0.1) is 13.8 Å². The summed E-state index contributed by atoms with van der Waals surface area (Å²) in [6.45, 7) is 5.74. The molecular weight excluding hydrogens is 368 g/mol. The Morgan fingerprint density at radius 1 is 1.22 bits per heavy atom. The lowest BCUT2D eigenvalue weighted by molar-refractivity contribution is -0.146. The van der Waals surface area contributed by atoms with Gasteiger partial charge in [-0.2, -0.15) is 0 Å². The minimum Gasteiger partial charge on any atom is -0.480 e. The third-order valence-corrected chi connectivity index (χ3v) is 6.98. The van der Waals surface area contributed by atoms with Crippen LogP contribution in [-0.2, 0) is 26.0 Å². The summed E-state index contributed by atoms with van der Waals surface area (Å²) in [6.07, 6.45) is 1.05. The third kappa shape index (κ3) is 5.52. The number of carboxylic acids is 1. The predicted molar refractivity (Wildman–Crippen MR) is 103 cm³/mol. The van der Waals surface area contributed by atoms with Crippen LogP contribution in [0.2, 0.25) is 0 Å². The maximum Gasteiger partial charge on any atom is 0.323 e. The number of carbonyl (C=O) groups excluding carboxylic acids is 1. The molecule has 0 unspecified atom stereocenters. The number of aliphatic carboxylic acids is 1. The molecule has 1 aliphatic heterocycles. The molecule has 7 nitrogen and oxygen atoms in total. The van der Waals surface area contributed by atoms with Gasteiger partial charge in [-0.3, -0.25) is 9.59 Å². The Morgan fingerprint density at radius 2 is 1.85 bits per heavy atom. The molecule has 1 amide bonds. The molecule has 0 radical (unpaired) electrons. The van der Waals surface area contributed by atoms with Crippen molar-refractivity contribution in [3.05, 3.63) is 34.9 Å². The summed E-state index contributed by atoms with van der Waals surface area (Å²) < 4.78 is 25.4. The van der Waals surface area contributed by atoms with Crippen LogP contribution in [-0.4, -0.2) is 66.0 Å². The van der Waals surface area contributed by atoms with E-state index < -0.39 is 16.0 Å². The van der Waals surface area contributed by atoms with Gasteiger partial charge in [0.2, 0.25) is 15.9 Å². The molecule has 1 fully saturated rings. The lowest BCUT2D eigenvalue weighted by Crippen LogP contribution is -2.50. The van der Waals surface area contributed by atoms with Crippen LogP contribution < -0.4 is 0 Å². The molecular formula is C19H28N2O5S. The molecule has 1 heterocycles. The number of benzene rings is 1. The summed E-state index contributed by atoms with van der Waals surface area (Å²) >= 11 is 0. The molecule has 150 valence electrons. The summed E-state index contributed by atoms with van der Waals surface area (Å²) in [6, 6.07) is 5.61. The number of sulfonamides is 1. The zero-order chi connectivity index (χ0) is 20.2. The Labute approximate surface area is 161 Å². The van der Waals surface area contributed by atoms with Crippen LogP contribution in [0.3, 0.4) is 0 Å². The molecule has 1 N–H and O–H groups in total. The van der Waals surface area contributed by atoms with Crippen molar-refractivity contribution in [2.45, 2.75) is 46.1 Å². The molecule has 0 bridgehead atoms. The van der Waals surface area contributed by atoms with Crippen molar-refractivity contribution in [2.75, 3.05) is 25.4 Å². The fraction of sp³-hybridized carbons (Fsp3) is 0.579. The molecule has 0 atom stereocenters. The van der Waals surface area contributed by atoms with E-state index in [1.165, 1.54) is 9.21 Å². The lowest BCUT2D eigenvalue weighted by Gasteiger charge is -2.37. The van der Waals surface area contributed by atoms with Gasteiger partial charge in [0.1, 0.15) is 6.54 Å². The molecule has 1 aliphatic rings. The van der Waals surface area contributed by atoms with Gasteiger partial charge < -0.3 is 10.0 Å². The highest BCUT2D eigenvalue weighted by molar-refractivity contribution is 7.89. The summed E-state index contributed by atoms with van der Waals surface area (Å²) in [4.78, 5) is 25.6. The van der Waals surface area contributed by atoms with Gasteiger partial charge in [0, 0.05) is 19.1 Å². The Hall–Kier alpha value is -1.93. The number of hydrogen-bond donors (Lipinski definition) is 1. The molecule has 2 rings (SSSR count). The normalized spacial score (nSPS) is 16.3. The highest BCUT2D eigenvalue weighted by Gasteiger charge is 2.32. The summed E-state index contributed by atoms with van der Waals surface area (Å²) in [7, 11) is -3.26. The maximum absolute atomic E-state index is 12.9. The van der Waals surface area contributed by atoms with Crippen molar-refractivity contribution in [1.29, 1.82) is 0 Å². The van der Waals surface area contributed by atoms with Gasteiger partial charge in [0.05, 0.1) is 12.2 Å². The number of rotatable bonds is 7. The monoisotopic (exact) mass is 396 g/mol. The number of carbonyl (C=O) groups is 2. The van der Waals surface area contributed by atoms with Gasteiger partial charge in [0.25, 0.3) is 0 Å². The maximum atomic E-state index is 12.9. The van der Waals surface area contributed by atoms with E-state index in [1.807, 2.05) is 32.0 Å². The summed E-state index contributed by atoms with van der Waals surface area (Å²) in [5, 5.41) is 9.25. The van der Waals surface area contributed by atoms with Crippen LogP contribution in [0.5, 0.6) is 0 Å².